The molecule has 3 aliphatic rings. The molecular formula is C25H24F2N6O2. The SMILES string of the molecule is Oc1ccc(F)cc1CN1C2CC1CN(c1ccc(-c3ncnc4[nH]c(OCCF)cc34)cn1)C2. The fraction of sp³-hybridized carbons (Fsp3) is 0.320. The third-order valence-corrected chi connectivity index (χ3v) is 6.82. The van der Waals surface area contributed by atoms with Crippen LogP contribution in [0.2, 0.25) is 0 Å². The molecule has 3 fully saturated rings. The highest BCUT2D eigenvalue weighted by atomic mass is 19.1. The van der Waals surface area contributed by atoms with Gasteiger partial charge in [-0.3, -0.25) is 4.90 Å². The highest BCUT2D eigenvalue weighted by molar-refractivity contribution is 5.91. The van der Waals surface area contributed by atoms with E-state index in [1.54, 1.807) is 12.3 Å². The summed E-state index contributed by atoms with van der Waals surface area (Å²) in [5.41, 5.74) is 2.81. The molecule has 3 saturated heterocycles. The van der Waals surface area contributed by atoms with Crippen LogP contribution in [0.25, 0.3) is 22.3 Å². The summed E-state index contributed by atoms with van der Waals surface area (Å²) in [5.74, 6) is 1.14. The Hall–Kier alpha value is -3.79. The number of rotatable bonds is 7. The van der Waals surface area contributed by atoms with Crippen LogP contribution in [-0.2, 0) is 6.54 Å². The topological polar surface area (TPSA) is 90.4 Å². The number of nitrogens with zero attached hydrogens (tertiary/aromatic N) is 5. The maximum atomic E-state index is 13.6. The van der Waals surface area contributed by atoms with Crippen molar-refractivity contribution in [1.82, 2.24) is 24.8 Å². The van der Waals surface area contributed by atoms with Crippen molar-refractivity contribution in [3.8, 4) is 22.9 Å². The molecule has 0 aliphatic carbocycles. The van der Waals surface area contributed by atoms with Crippen molar-refractivity contribution in [3.05, 3.63) is 60.3 Å². The number of aromatic hydroxyl groups is 1. The van der Waals surface area contributed by atoms with Gasteiger partial charge in [-0.05, 0) is 36.8 Å². The summed E-state index contributed by atoms with van der Waals surface area (Å²) < 4.78 is 31.4. The monoisotopic (exact) mass is 478 g/mol. The van der Waals surface area contributed by atoms with Crippen LogP contribution in [0.5, 0.6) is 11.6 Å². The number of ether oxygens (including phenoxy) is 1. The number of benzene rings is 1. The van der Waals surface area contributed by atoms with Gasteiger partial charge < -0.3 is 19.7 Å². The molecule has 4 aromatic rings. The van der Waals surface area contributed by atoms with Crippen LogP contribution >= 0.6 is 0 Å². The first-order chi connectivity index (χ1) is 17.1. The lowest BCUT2D eigenvalue weighted by Crippen LogP contribution is -2.68. The summed E-state index contributed by atoms with van der Waals surface area (Å²) >= 11 is 0. The molecule has 2 atom stereocenters. The van der Waals surface area contributed by atoms with Crippen molar-refractivity contribution in [1.29, 1.82) is 0 Å². The van der Waals surface area contributed by atoms with E-state index in [0.717, 1.165) is 42.0 Å². The second-order valence-corrected chi connectivity index (χ2v) is 8.95. The third kappa shape index (κ3) is 4.03. The number of H-pyrrole nitrogens is 1. The van der Waals surface area contributed by atoms with Crippen molar-refractivity contribution < 1.29 is 18.6 Å². The average Bonchev–Trinajstić information content (AvgIpc) is 3.31. The number of aromatic amines is 1. The minimum absolute atomic E-state index is 0.0233. The lowest BCUT2D eigenvalue weighted by Gasteiger charge is -2.56. The largest absolute Gasteiger partial charge is 0.508 e. The van der Waals surface area contributed by atoms with E-state index < -0.39 is 6.67 Å². The summed E-state index contributed by atoms with van der Waals surface area (Å²) in [6, 6.07) is 10.5. The van der Waals surface area contributed by atoms with Gasteiger partial charge in [0.25, 0.3) is 0 Å². The molecule has 7 rings (SSSR count). The maximum Gasteiger partial charge on any atom is 0.193 e. The first kappa shape index (κ1) is 21.7. The Kier molecular flexibility index (Phi) is 5.44. The lowest BCUT2D eigenvalue weighted by atomic mass is 9.86. The van der Waals surface area contributed by atoms with Crippen LogP contribution in [0.3, 0.4) is 0 Å². The molecule has 2 N–H and O–H groups in total. The van der Waals surface area contributed by atoms with E-state index in [0.29, 0.717) is 35.7 Å². The number of piperazine rings is 1. The van der Waals surface area contributed by atoms with E-state index in [2.05, 4.69) is 24.8 Å². The lowest BCUT2D eigenvalue weighted by molar-refractivity contribution is -0.00921. The molecule has 0 spiro atoms. The molecule has 3 aliphatic heterocycles. The minimum atomic E-state index is -0.567. The zero-order chi connectivity index (χ0) is 23.9. The Morgan fingerprint density at radius 1 is 1.09 bits per heavy atom. The third-order valence-electron chi connectivity index (χ3n) is 6.82. The van der Waals surface area contributed by atoms with Gasteiger partial charge in [-0.25, -0.2) is 23.7 Å². The van der Waals surface area contributed by atoms with E-state index in [9.17, 15) is 13.9 Å². The quantitative estimate of drug-likeness (QED) is 0.419. The van der Waals surface area contributed by atoms with Crippen molar-refractivity contribution in [2.75, 3.05) is 31.3 Å². The highest BCUT2D eigenvalue weighted by Gasteiger charge is 2.44. The van der Waals surface area contributed by atoms with Crippen molar-refractivity contribution in [2.45, 2.75) is 25.0 Å². The molecular weight excluding hydrogens is 454 g/mol. The molecule has 2 bridgehead atoms. The van der Waals surface area contributed by atoms with Gasteiger partial charge in [-0.2, -0.15) is 0 Å². The van der Waals surface area contributed by atoms with Gasteiger partial charge in [0.2, 0.25) is 0 Å². The Morgan fingerprint density at radius 3 is 2.71 bits per heavy atom. The fourth-order valence-corrected chi connectivity index (χ4v) is 5.10. The summed E-state index contributed by atoms with van der Waals surface area (Å²) in [6.07, 6.45) is 4.36. The minimum Gasteiger partial charge on any atom is -0.508 e. The molecule has 0 amide bonds. The van der Waals surface area contributed by atoms with Gasteiger partial charge in [-0.15, -0.1) is 0 Å². The highest BCUT2D eigenvalue weighted by Crippen LogP contribution is 2.37. The zero-order valence-electron chi connectivity index (χ0n) is 18.9. The van der Waals surface area contributed by atoms with Gasteiger partial charge in [0, 0.05) is 60.5 Å². The molecule has 1 aromatic carbocycles. The number of alkyl halides is 1. The zero-order valence-corrected chi connectivity index (χ0v) is 18.9. The fourth-order valence-electron chi connectivity index (χ4n) is 5.10. The normalized spacial score (nSPS) is 19.7. The molecule has 35 heavy (non-hydrogen) atoms. The average molecular weight is 479 g/mol. The van der Waals surface area contributed by atoms with E-state index in [1.807, 2.05) is 12.1 Å². The number of aromatic nitrogens is 4. The van der Waals surface area contributed by atoms with Crippen LogP contribution in [-0.4, -0.2) is 68.4 Å². The number of pyridine rings is 1. The summed E-state index contributed by atoms with van der Waals surface area (Å²) in [5, 5.41) is 10.9. The van der Waals surface area contributed by atoms with E-state index in [-0.39, 0.29) is 18.2 Å². The van der Waals surface area contributed by atoms with E-state index in [4.69, 9.17) is 9.72 Å². The standard InChI is InChI=1S/C25H24F2N6O2/c26-5-6-35-23-9-20-24(29-14-30-25(20)31-23)15-1-4-22(28-10-15)32-12-18-8-19(13-32)33(18)11-16-7-17(27)2-3-21(16)34/h1-4,7,9-10,14,18-19,34H,5-6,8,11-13H2,(H,29,30,31). The Labute approximate surface area is 200 Å². The van der Waals surface area contributed by atoms with Crippen molar-refractivity contribution >= 4 is 16.9 Å². The molecule has 6 heterocycles. The van der Waals surface area contributed by atoms with Gasteiger partial charge in [0.05, 0.1) is 5.69 Å². The molecule has 8 nitrogen and oxygen atoms in total. The first-order valence-electron chi connectivity index (χ1n) is 11.6. The summed E-state index contributed by atoms with van der Waals surface area (Å²) in [4.78, 5) is 21.0. The summed E-state index contributed by atoms with van der Waals surface area (Å²) in [7, 11) is 0. The van der Waals surface area contributed by atoms with Crippen LogP contribution < -0.4 is 9.64 Å². The number of hydrogen-bond donors (Lipinski definition) is 2. The van der Waals surface area contributed by atoms with E-state index in [1.165, 1.54) is 24.5 Å². The Balaban J connectivity index is 1.16. The van der Waals surface area contributed by atoms with Crippen LogP contribution in [0.1, 0.15) is 12.0 Å². The maximum absolute atomic E-state index is 13.6. The van der Waals surface area contributed by atoms with Crippen molar-refractivity contribution in [3.63, 3.8) is 0 Å². The van der Waals surface area contributed by atoms with Gasteiger partial charge in [-0.1, -0.05) is 0 Å². The number of phenolic OH excluding ortho intramolecular Hbond substituents is 1. The second-order valence-electron chi connectivity index (χ2n) is 8.95. The van der Waals surface area contributed by atoms with Crippen LogP contribution in [0.4, 0.5) is 14.6 Å². The smallest absolute Gasteiger partial charge is 0.193 e. The van der Waals surface area contributed by atoms with Crippen LogP contribution in [0.15, 0.2) is 48.9 Å². The molecule has 2 unspecified atom stereocenters. The van der Waals surface area contributed by atoms with Crippen molar-refractivity contribution in [2.24, 2.45) is 0 Å². The molecule has 0 saturated carbocycles. The Bertz CT molecular complexity index is 1350. The number of piperidine rings is 1. The van der Waals surface area contributed by atoms with Gasteiger partial charge >= 0.3 is 0 Å². The number of halogens is 2. The van der Waals surface area contributed by atoms with Gasteiger partial charge in [0.15, 0.2) is 5.88 Å². The van der Waals surface area contributed by atoms with Gasteiger partial charge in [0.1, 0.15) is 42.6 Å². The second kappa shape index (κ2) is 8.77. The summed E-state index contributed by atoms with van der Waals surface area (Å²) in [6.45, 7) is 1.59. The number of hydrogen-bond acceptors (Lipinski definition) is 7. The molecule has 0 radical (unpaired) electrons. The predicted molar refractivity (Wildman–Crippen MR) is 127 cm³/mol. The number of phenols is 1. The number of fused-ring (bicyclic) bond motifs is 3. The van der Waals surface area contributed by atoms with E-state index >= 15 is 0 Å². The molecule has 180 valence electrons. The molecule has 3 aromatic heterocycles. The van der Waals surface area contributed by atoms with Crippen LogP contribution in [0, 0.1) is 5.82 Å². The number of anilines is 1. The Morgan fingerprint density at radius 2 is 1.94 bits per heavy atom. The first-order valence-corrected chi connectivity index (χ1v) is 11.6. The number of nitrogens with one attached hydrogen (secondary N) is 1. The predicted octanol–water partition coefficient (Wildman–Crippen LogP) is 3.68. The molecule has 10 heteroatoms.